The fourth-order valence-corrected chi connectivity index (χ4v) is 7.14. The lowest BCUT2D eigenvalue weighted by molar-refractivity contribution is -0.138. The highest BCUT2D eigenvalue weighted by Gasteiger charge is 2.33. The lowest BCUT2D eigenvalue weighted by Crippen LogP contribution is -2.61. The number of sulfone groups is 1. The van der Waals surface area contributed by atoms with Crippen LogP contribution in [0.1, 0.15) is 16.7 Å². The molecule has 0 saturated carbocycles. The second-order valence-electron chi connectivity index (χ2n) is 10.7. The molecule has 7 nitrogen and oxygen atoms in total. The molecule has 2 aliphatic rings. The Hall–Kier alpha value is -2.91. The lowest BCUT2D eigenvalue weighted by atomic mass is 10.1. The first-order valence-corrected chi connectivity index (χ1v) is 15.7. The first kappa shape index (κ1) is 28.6. The van der Waals surface area contributed by atoms with Gasteiger partial charge in [-0.25, -0.2) is 8.42 Å². The number of halogens is 1. The van der Waals surface area contributed by atoms with Gasteiger partial charge in [-0.2, -0.15) is 0 Å². The molecule has 0 aromatic heterocycles. The summed E-state index contributed by atoms with van der Waals surface area (Å²) in [4.78, 5) is 20.7. The molecule has 2 saturated heterocycles. The maximum absolute atomic E-state index is 13.6. The van der Waals surface area contributed by atoms with Crippen LogP contribution in [0.4, 0.5) is 5.69 Å². The molecule has 0 spiro atoms. The maximum atomic E-state index is 13.6. The van der Waals surface area contributed by atoms with E-state index < -0.39 is 9.84 Å². The summed E-state index contributed by atoms with van der Waals surface area (Å²) in [5.41, 5.74) is 4.82. The van der Waals surface area contributed by atoms with Gasteiger partial charge in [-0.1, -0.05) is 41.9 Å². The molecule has 0 bridgehead atoms. The number of amides is 1. The summed E-state index contributed by atoms with van der Waals surface area (Å²) in [5.74, 6) is 0.191. The summed E-state index contributed by atoms with van der Waals surface area (Å²) in [6, 6.07) is 19.7. The van der Waals surface area contributed by atoms with Crippen molar-refractivity contribution in [3.63, 3.8) is 0 Å². The highest BCUT2D eigenvalue weighted by Crippen LogP contribution is 2.25. The number of anilines is 1. The van der Waals surface area contributed by atoms with Crippen LogP contribution >= 0.6 is 11.6 Å². The van der Waals surface area contributed by atoms with Crippen LogP contribution in [0.25, 0.3) is 0 Å². The van der Waals surface area contributed by atoms with Gasteiger partial charge in [0.15, 0.2) is 0 Å². The molecule has 2 aliphatic heterocycles. The first-order valence-electron chi connectivity index (χ1n) is 13.9. The van der Waals surface area contributed by atoms with E-state index in [2.05, 4.69) is 47.2 Å². The third-order valence-electron chi connectivity index (χ3n) is 7.96. The molecule has 9 heteroatoms. The number of nitrogens with zero attached hydrogens (tertiary/aromatic N) is 3. The molecule has 2 fully saturated rings. The van der Waals surface area contributed by atoms with E-state index >= 15 is 0 Å². The molecule has 40 heavy (non-hydrogen) atoms. The van der Waals surface area contributed by atoms with Gasteiger partial charge < -0.3 is 15.1 Å². The van der Waals surface area contributed by atoms with Crippen LogP contribution in [0.2, 0.25) is 5.02 Å². The van der Waals surface area contributed by atoms with Crippen molar-refractivity contribution in [1.82, 2.24) is 15.1 Å². The van der Waals surface area contributed by atoms with Gasteiger partial charge in [0.25, 0.3) is 0 Å². The third-order valence-corrected chi connectivity index (χ3v) is 9.97. The number of carbonyl (C=O) groups excluding carboxylic acids is 1. The zero-order valence-electron chi connectivity index (χ0n) is 23.1. The topological polar surface area (TPSA) is 73.0 Å². The number of hydrogen-bond donors (Lipinski definition) is 1. The molecule has 212 valence electrons. The summed E-state index contributed by atoms with van der Waals surface area (Å²) in [5, 5.41) is 3.79. The van der Waals surface area contributed by atoms with Crippen molar-refractivity contribution in [3.05, 3.63) is 88.4 Å². The van der Waals surface area contributed by atoms with Crippen molar-refractivity contribution in [3.8, 4) is 0 Å². The van der Waals surface area contributed by atoms with E-state index in [1.807, 2.05) is 17.0 Å². The van der Waals surface area contributed by atoms with Crippen molar-refractivity contribution >= 4 is 33.0 Å². The SMILES string of the molecule is Cc1ccc(C)c(N2CCN(C(=O)C3CNCCN3CCc3ccc(S(=O)(=O)c4cccc(Cl)c4)cc3)CC2)c1. The summed E-state index contributed by atoms with van der Waals surface area (Å²) >= 11 is 6.00. The molecule has 3 aromatic rings. The number of benzene rings is 3. The Labute approximate surface area is 242 Å². The maximum Gasteiger partial charge on any atom is 0.241 e. The second-order valence-corrected chi connectivity index (χ2v) is 13.1. The molecule has 1 unspecified atom stereocenters. The van der Waals surface area contributed by atoms with Crippen LogP contribution in [0.5, 0.6) is 0 Å². The minimum absolute atomic E-state index is 0.185. The predicted octanol–water partition coefficient (Wildman–Crippen LogP) is 3.95. The molecule has 5 rings (SSSR count). The van der Waals surface area contributed by atoms with Crippen molar-refractivity contribution in [2.75, 3.05) is 57.3 Å². The van der Waals surface area contributed by atoms with Crippen LogP contribution in [0.3, 0.4) is 0 Å². The average Bonchev–Trinajstić information content (AvgIpc) is 2.97. The Bertz CT molecular complexity index is 1450. The Morgan fingerprint density at radius 3 is 2.40 bits per heavy atom. The van der Waals surface area contributed by atoms with Crippen molar-refractivity contribution in [2.24, 2.45) is 0 Å². The van der Waals surface area contributed by atoms with Crippen molar-refractivity contribution < 1.29 is 13.2 Å². The van der Waals surface area contributed by atoms with Crippen LogP contribution in [-0.2, 0) is 21.1 Å². The van der Waals surface area contributed by atoms with E-state index in [0.29, 0.717) is 11.6 Å². The summed E-state index contributed by atoms with van der Waals surface area (Å²) in [6.45, 7) is 10.4. The largest absolute Gasteiger partial charge is 0.368 e. The number of hydrogen-bond acceptors (Lipinski definition) is 6. The molecule has 0 radical (unpaired) electrons. The number of carbonyl (C=O) groups is 1. The zero-order chi connectivity index (χ0) is 28.3. The van der Waals surface area contributed by atoms with Crippen LogP contribution in [0.15, 0.2) is 76.5 Å². The van der Waals surface area contributed by atoms with E-state index in [9.17, 15) is 13.2 Å². The number of piperazine rings is 2. The standard InChI is InChI=1S/C31H37ClN4O3S/c1-23-6-7-24(2)29(20-23)35-16-18-36(19-17-35)31(37)30-22-33-13-15-34(30)14-12-25-8-10-27(11-9-25)40(38,39)28-5-3-4-26(32)21-28/h3-11,20-21,30,33H,12-19,22H2,1-2H3. The number of aryl methyl sites for hydroxylation is 2. The van der Waals surface area contributed by atoms with Crippen molar-refractivity contribution in [2.45, 2.75) is 36.1 Å². The smallest absolute Gasteiger partial charge is 0.241 e. The van der Waals surface area contributed by atoms with Crippen LogP contribution in [0, 0.1) is 13.8 Å². The molecular formula is C31H37ClN4O3S. The monoisotopic (exact) mass is 580 g/mol. The van der Waals surface area contributed by atoms with Gasteiger partial charge in [-0.15, -0.1) is 0 Å². The summed E-state index contributed by atoms with van der Waals surface area (Å²) < 4.78 is 26.0. The fourth-order valence-electron chi connectivity index (χ4n) is 5.57. The fraction of sp³-hybridized carbons (Fsp3) is 0.387. The minimum Gasteiger partial charge on any atom is -0.368 e. The molecule has 0 aliphatic carbocycles. The molecule has 3 aromatic carbocycles. The van der Waals surface area contributed by atoms with E-state index in [-0.39, 0.29) is 21.7 Å². The molecule has 1 N–H and O–H groups in total. The average molecular weight is 581 g/mol. The Kier molecular flexibility index (Phi) is 8.80. The Morgan fingerprint density at radius 1 is 0.925 bits per heavy atom. The van der Waals surface area contributed by atoms with Gasteiger partial charge in [-0.3, -0.25) is 9.69 Å². The molecule has 2 heterocycles. The van der Waals surface area contributed by atoms with Gasteiger partial charge in [0.05, 0.1) is 9.79 Å². The van der Waals surface area contributed by atoms with E-state index in [1.54, 1.807) is 30.3 Å². The summed E-state index contributed by atoms with van der Waals surface area (Å²) in [6.07, 6.45) is 0.738. The highest BCUT2D eigenvalue weighted by atomic mass is 35.5. The van der Waals surface area contributed by atoms with E-state index in [0.717, 1.165) is 57.8 Å². The third kappa shape index (κ3) is 6.36. The van der Waals surface area contributed by atoms with Gasteiger partial charge >= 0.3 is 0 Å². The minimum atomic E-state index is -3.63. The molecule has 1 atom stereocenters. The van der Waals surface area contributed by atoms with Gasteiger partial charge in [0, 0.05) is 63.1 Å². The quantitative estimate of drug-likeness (QED) is 0.456. The van der Waals surface area contributed by atoms with E-state index in [4.69, 9.17) is 11.6 Å². The van der Waals surface area contributed by atoms with Gasteiger partial charge in [0.2, 0.25) is 15.7 Å². The highest BCUT2D eigenvalue weighted by molar-refractivity contribution is 7.91. The Balaban J connectivity index is 1.19. The van der Waals surface area contributed by atoms with Crippen molar-refractivity contribution in [1.29, 1.82) is 0 Å². The second kappa shape index (κ2) is 12.3. The summed E-state index contributed by atoms with van der Waals surface area (Å²) in [7, 11) is -3.63. The van der Waals surface area contributed by atoms with Gasteiger partial charge in [-0.05, 0) is 73.4 Å². The van der Waals surface area contributed by atoms with Crippen LogP contribution in [-0.4, -0.2) is 82.5 Å². The molecular weight excluding hydrogens is 544 g/mol. The normalized spacial score (nSPS) is 18.6. The molecule has 1 amide bonds. The van der Waals surface area contributed by atoms with Gasteiger partial charge in [0.1, 0.15) is 6.04 Å². The van der Waals surface area contributed by atoms with E-state index in [1.165, 1.54) is 22.9 Å². The lowest BCUT2D eigenvalue weighted by Gasteiger charge is -2.42. The number of nitrogens with one attached hydrogen (secondary N) is 1. The number of rotatable bonds is 7. The van der Waals surface area contributed by atoms with Crippen LogP contribution < -0.4 is 10.2 Å². The first-order chi connectivity index (χ1) is 19.2. The Morgan fingerprint density at radius 2 is 1.68 bits per heavy atom. The predicted molar refractivity (Wildman–Crippen MR) is 160 cm³/mol. The zero-order valence-corrected chi connectivity index (χ0v) is 24.7.